The Hall–Kier alpha value is 0.200. The summed E-state index contributed by atoms with van der Waals surface area (Å²) >= 11 is 0. The molecule has 3 nitrogen and oxygen atoms in total. The Morgan fingerprint density at radius 1 is 1.38 bits per heavy atom. The smallest absolute Gasteiger partial charge is 0.267 e. The molecule has 0 amide bonds. The summed E-state index contributed by atoms with van der Waals surface area (Å²) in [6.45, 7) is 2.82. The van der Waals surface area contributed by atoms with Gasteiger partial charge in [-0.1, -0.05) is 0 Å². The Morgan fingerprint density at radius 3 is 1.50 bits per heavy atom. The molecule has 0 fully saturated rings. The van der Waals surface area contributed by atoms with Crippen LogP contribution in [0.4, 0.5) is 0 Å². The lowest BCUT2D eigenvalue weighted by Gasteiger charge is -1.94. The lowest BCUT2D eigenvalue weighted by atomic mass is 10.6. The van der Waals surface area contributed by atoms with E-state index in [1.807, 2.05) is 0 Å². The summed E-state index contributed by atoms with van der Waals surface area (Å²) in [6, 6.07) is 0. The van der Waals surface area contributed by atoms with Crippen molar-refractivity contribution in [2.45, 2.75) is 19.1 Å². The molecule has 0 saturated heterocycles. The molecule has 0 aromatic carbocycles. The molecule has 1 N–H and O–H groups in total. The summed E-state index contributed by atoms with van der Waals surface area (Å²) in [7, 11) is -3.74. The highest BCUT2D eigenvalue weighted by molar-refractivity contribution is 7.86. The third-order valence-electron chi connectivity index (χ3n) is 0.596. The molecule has 0 radical (unpaired) electrons. The fraction of sp³-hybridized carbons (Fsp3) is 1.00. The van der Waals surface area contributed by atoms with Crippen molar-refractivity contribution in [3.63, 3.8) is 0 Å². The lowest BCUT2D eigenvalue weighted by Crippen LogP contribution is -2.10. The molecule has 0 spiro atoms. The zero-order valence-electron chi connectivity index (χ0n) is 4.66. The Labute approximate surface area is 55.3 Å². The SMILES string of the molecule is CC(C)S(=O)(=O)O.Cl. The van der Waals surface area contributed by atoms with Gasteiger partial charge >= 0.3 is 0 Å². The van der Waals surface area contributed by atoms with Gasteiger partial charge in [0.1, 0.15) is 0 Å². The maximum Gasteiger partial charge on any atom is 0.267 e. The first-order valence-electron chi connectivity index (χ1n) is 1.91. The molecule has 8 heavy (non-hydrogen) atoms. The largest absolute Gasteiger partial charge is 0.285 e. The first kappa shape index (κ1) is 11.1. The molecule has 0 atom stereocenters. The molecule has 0 aliphatic rings. The minimum atomic E-state index is -3.74. The fourth-order valence-corrected chi connectivity index (χ4v) is 0. The summed E-state index contributed by atoms with van der Waals surface area (Å²) in [5, 5.41) is -0.674. The first-order valence-corrected chi connectivity index (χ1v) is 3.41. The van der Waals surface area contributed by atoms with E-state index in [0.717, 1.165) is 0 Å². The number of hydrogen-bond donors (Lipinski definition) is 1. The van der Waals surface area contributed by atoms with Crippen molar-refractivity contribution in [3.8, 4) is 0 Å². The predicted octanol–water partition coefficient (Wildman–Crippen LogP) is 0.704. The molecule has 0 aliphatic carbocycles. The van der Waals surface area contributed by atoms with Gasteiger partial charge in [0.05, 0.1) is 5.25 Å². The van der Waals surface area contributed by atoms with Gasteiger partial charge in [-0.15, -0.1) is 12.4 Å². The van der Waals surface area contributed by atoms with Gasteiger partial charge in [-0.25, -0.2) is 0 Å². The second-order valence-electron chi connectivity index (χ2n) is 1.56. The highest BCUT2D eigenvalue weighted by atomic mass is 35.5. The van der Waals surface area contributed by atoms with Gasteiger partial charge in [0, 0.05) is 0 Å². The minimum Gasteiger partial charge on any atom is -0.285 e. The van der Waals surface area contributed by atoms with Crippen LogP contribution in [-0.4, -0.2) is 18.2 Å². The standard InChI is InChI=1S/C3H8O3S.ClH/c1-3(2)7(4,5)6;/h3H,1-2H3,(H,4,5,6);1H. The number of hydrogen-bond acceptors (Lipinski definition) is 2. The molecular formula is C3H9ClO3S. The van der Waals surface area contributed by atoms with Gasteiger partial charge < -0.3 is 0 Å². The van der Waals surface area contributed by atoms with E-state index < -0.39 is 15.4 Å². The summed E-state index contributed by atoms with van der Waals surface area (Å²) in [6.07, 6.45) is 0. The molecule has 5 heteroatoms. The Bertz CT molecular complexity index is 137. The predicted molar refractivity (Wildman–Crippen MR) is 33.9 cm³/mol. The topological polar surface area (TPSA) is 54.4 Å². The van der Waals surface area contributed by atoms with Crippen molar-refractivity contribution >= 4 is 22.5 Å². The van der Waals surface area contributed by atoms with Crippen LogP contribution in [0.15, 0.2) is 0 Å². The molecule has 0 aromatic rings. The van der Waals surface area contributed by atoms with Crippen molar-refractivity contribution in [3.05, 3.63) is 0 Å². The van der Waals surface area contributed by atoms with E-state index in [4.69, 9.17) is 4.55 Å². The molecular weight excluding hydrogens is 152 g/mol. The third kappa shape index (κ3) is 4.36. The van der Waals surface area contributed by atoms with E-state index in [1.54, 1.807) is 0 Å². The van der Waals surface area contributed by atoms with Gasteiger partial charge in [0.15, 0.2) is 0 Å². The second kappa shape index (κ2) is 3.27. The van der Waals surface area contributed by atoms with Crippen molar-refractivity contribution in [2.75, 3.05) is 0 Å². The average molecular weight is 161 g/mol. The lowest BCUT2D eigenvalue weighted by molar-refractivity contribution is 0.473. The average Bonchev–Trinajstić information content (AvgIpc) is 1.31. The Kier molecular flexibility index (Phi) is 4.52. The van der Waals surface area contributed by atoms with Crippen LogP contribution < -0.4 is 0 Å². The highest BCUT2D eigenvalue weighted by Gasteiger charge is 2.08. The van der Waals surface area contributed by atoms with Crippen LogP contribution in [0, 0.1) is 0 Å². The normalized spacial score (nSPS) is 11.0. The van der Waals surface area contributed by atoms with Crippen LogP contribution in [0.5, 0.6) is 0 Å². The van der Waals surface area contributed by atoms with Gasteiger partial charge in [-0.3, -0.25) is 4.55 Å². The van der Waals surface area contributed by atoms with Crippen molar-refractivity contribution in [1.29, 1.82) is 0 Å². The second-order valence-corrected chi connectivity index (χ2v) is 3.54. The maximum absolute atomic E-state index is 9.89. The van der Waals surface area contributed by atoms with E-state index in [0.29, 0.717) is 0 Å². The number of halogens is 1. The van der Waals surface area contributed by atoms with Crippen LogP contribution in [0.1, 0.15) is 13.8 Å². The molecule has 0 rings (SSSR count). The fourth-order valence-electron chi connectivity index (χ4n) is 0. The van der Waals surface area contributed by atoms with E-state index in [9.17, 15) is 8.42 Å². The zero-order chi connectivity index (χ0) is 6.08. The quantitative estimate of drug-likeness (QED) is 0.575. The summed E-state index contributed by atoms with van der Waals surface area (Å²) in [5.74, 6) is 0. The molecule has 0 aliphatic heterocycles. The van der Waals surface area contributed by atoms with Crippen LogP contribution in [0.25, 0.3) is 0 Å². The van der Waals surface area contributed by atoms with E-state index in [1.165, 1.54) is 13.8 Å². The van der Waals surface area contributed by atoms with Gasteiger partial charge in [0.2, 0.25) is 0 Å². The Morgan fingerprint density at radius 2 is 1.50 bits per heavy atom. The minimum absolute atomic E-state index is 0. The molecule has 0 saturated carbocycles. The van der Waals surface area contributed by atoms with Crippen LogP contribution in [0.3, 0.4) is 0 Å². The number of rotatable bonds is 1. The first-order chi connectivity index (χ1) is 2.94. The maximum atomic E-state index is 9.89. The van der Waals surface area contributed by atoms with Crippen molar-refractivity contribution < 1.29 is 13.0 Å². The molecule has 0 unspecified atom stereocenters. The molecule has 0 heterocycles. The van der Waals surface area contributed by atoms with Gasteiger partial charge in [-0.05, 0) is 13.8 Å². The zero-order valence-corrected chi connectivity index (χ0v) is 6.29. The summed E-state index contributed by atoms with van der Waals surface area (Å²) in [4.78, 5) is 0. The van der Waals surface area contributed by atoms with Crippen molar-refractivity contribution in [2.24, 2.45) is 0 Å². The van der Waals surface area contributed by atoms with Crippen LogP contribution >= 0.6 is 12.4 Å². The van der Waals surface area contributed by atoms with Gasteiger partial charge in [0.25, 0.3) is 10.1 Å². The molecule has 0 bridgehead atoms. The highest BCUT2D eigenvalue weighted by Crippen LogP contribution is 1.91. The van der Waals surface area contributed by atoms with E-state index in [-0.39, 0.29) is 12.4 Å². The molecule has 0 aromatic heterocycles. The van der Waals surface area contributed by atoms with Crippen molar-refractivity contribution in [1.82, 2.24) is 0 Å². The van der Waals surface area contributed by atoms with Crippen LogP contribution in [0.2, 0.25) is 0 Å². The van der Waals surface area contributed by atoms with E-state index in [2.05, 4.69) is 0 Å². The third-order valence-corrected chi connectivity index (χ3v) is 1.79. The van der Waals surface area contributed by atoms with Crippen LogP contribution in [-0.2, 0) is 10.1 Å². The van der Waals surface area contributed by atoms with E-state index >= 15 is 0 Å². The molecule has 52 valence electrons. The Balaban J connectivity index is 0. The summed E-state index contributed by atoms with van der Waals surface area (Å²) in [5.41, 5.74) is 0. The monoisotopic (exact) mass is 160 g/mol. The van der Waals surface area contributed by atoms with Gasteiger partial charge in [-0.2, -0.15) is 8.42 Å². The summed E-state index contributed by atoms with van der Waals surface area (Å²) < 4.78 is 27.8.